The Bertz CT molecular complexity index is 490. The summed E-state index contributed by atoms with van der Waals surface area (Å²) in [6.45, 7) is 12.3. The fourth-order valence-corrected chi connectivity index (χ4v) is 2.70. The molecular formula is C17H29N3O2. The van der Waals surface area contributed by atoms with Crippen molar-refractivity contribution in [1.82, 2.24) is 14.8 Å². The Morgan fingerprint density at radius 3 is 2.86 bits per heavy atom. The number of ether oxygens (including phenoxy) is 1. The first-order chi connectivity index (χ1) is 10.4. The maximum atomic E-state index is 12.0. The normalized spacial score (nSPS) is 18.7. The molecule has 1 atom stereocenters. The molecule has 0 bridgehead atoms. The number of nitrogens with one attached hydrogen (secondary N) is 1. The number of hydrogen-bond donors (Lipinski definition) is 1. The fourth-order valence-electron chi connectivity index (χ4n) is 2.70. The summed E-state index contributed by atoms with van der Waals surface area (Å²) in [5.41, 5.74) is 0.892. The molecule has 1 aliphatic rings. The number of amides is 1. The maximum Gasteiger partial charge on any atom is 0.410 e. The molecule has 1 unspecified atom stereocenters. The van der Waals surface area contributed by atoms with Gasteiger partial charge in [0.1, 0.15) is 5.60 Å². The monoisotopic (exact) mass is 307 g/mol. The van der Waals surface area contributed by atoms with Crippen LogP contribution >= 0.6 is 0 Å². The van der Waals surface area contributed by atoms with Crippen molar-refractivity contribution in [3.05, 3.63) is 24.0 Å². The second kappa shape index (κ2) is 7.18. The first kappa shape index (κ1) is 16.9. The Morgan fingerprint density at radius 1 is 1.45 bits per heavy atom. The van der Waals surface area contributed by atoms with Crippen LogP contribution in [-0.4, -0.2) is 40.8 Å². The van der Waals surface area contributed by atoms with Crippen molar-refractivity contribution in [1.29, 1.82) is 0 Å². The van der Waals surface area contributed by atoms with Crippen molar-refractivity contribution < 1.29 is 9.53 Å². The molecule has 1 aliphatic heterocycles. The molecule has 1 fully saturated rings. The summed E-state index contributed by atoms with van der Waals surface area (Å²) in [5, 5.41) is 3.50. The van der Waals surface area contributed by atoms with Crippen LogP contribution in [0.15, 0.2) is 18.5 Å². The Hall–Kier alpha value is -1.49. The summed E-state index contributed by atoms with van der Waals surface area (Å²) in [6.07, 6.45) is 5.14. The summed E-state index contributed by atoms with van der Waals surface area (Å²) in [4.78, 5) is 13.8. The van der Waals surface area contributed by atoms with Gasteiger partial charge in [0.25, 0.3) is 0 Å². The van der Waals surface area contributed by atoms with Crippen LogP contribution in [0.3, 0.4) is 0 Å². The summed E-state index contributed by atoms with van der Waals surface area (Å²) < 4.78 is 7.60. The fraction of sp³-hybridized carbons (Fsp3) is 0.706. The number of nitrogens with zero attached hydrogens (tertiary/aromatic N) is 2. The van der Waals surface area contributed by atoms with Crippen LogP contribution in [0.5, 0.6) is 0 Å². The minimum absolute atomic E-state index is 0.185. The molecule has 0 radical (unpaired) electrons. The van der Waals surface area contributed by atoms with Crippen molar-refractivity contribution in [3.8, 4) is 0 Å². The van der Waals surface area contributed by atoms with E-state index in [0.29, 0.717) is 5.92 Å². The molecule has 2 heterocycles. The molecule has 5 nitrogen and oxygen atoms in total. The van der Waals surface area contributed by atoms with E-state index in [0.717, 1.165) is 39.1 Å². The average Bonchev–Trinajstić information content (AvgIpc) is 3.05. The SMILES string of the molecule is CCn1ccc(CNCC2CCN(C(=O)OC(C)(C)C)C2)c1. The van der Waals surface area contributed by atoms with Crippen molar-refractivity contribution in [2.45, 2.75) is 52.8 Å². The predicted molar refractivity (Wildman–Crippen MR) is 87.7 cm³/mol. The van der Waals surface area contributed by atoms with Gasteiger partial charge < -0.3 is 19.5 Å². The molecule has 22 heavy (non-hydrogen) atoms. The van der Waals surface area contributed by atoms with Crippen molar-refractivity contribution >= 4 is 6.09 Å². The van der Waals surface area contributed by atoms with Gasteiger partial charge in [-0.1, -0.05) is 0 Å². The molecule has 0 saturated carbocycles. The molecule has 0 aliphatic carbocycles. The van der Waals surface area contributed by atoms with Crippen LogP contribution in [0.2, 0.25) is 0 Å². The van der Waals surface area contributed by atoms with Gasteiger partial charge in [0.05, 0.1) is 0 Å². The summed E-state index contributed by atoms with van der Waals surface area (Å²) >= 11 is 0. The van der Waals surface area contributed by atoms with Crippen LogP contribution in [0.25, 0.3) is 0 Å². The van der Waals surface area contributed by atoms with Crippen molar-refractivity contribution in [2.75, 3.05) is 19.6 Å². The molecule has 124 valence electrons. The number of rotatable bonds is 5. The minimum Gasteiger partial charge on any atom is -0.444 e. The molecule has 1 N–H and O–H groups in total. The molecular weight excluding hydrogens is 278 g/mol. The Balaban J connectivity index is 1.69. The van der Waals surface area contributed by atoms with E-state index in [1.165, 1.54) is 5.56 Å². The Morgan fingerprint density at radius 2 is 2.23 bits per heavy atom. The first-order valence-corrected chi connectivity index (χ1v) is 8.20. The molecule has 1 aromatic heterocycles. The Kier molecular flexibility index (Phi) is 5.51. The van der Waals surface area contributed by atoms with E-state index in [-0.39, 0.29) is 6.09 Å². The largest absolute Gasteiger partial charge is 0.444 e. The van der Waals surface area contributed by atoms with E-state index in [1.54, 1.807) is 0 Å². The van der Waals surface area contributed by atoms with Gasteiger partial charge in [-0.15, -0.1) is 0 Å². The first-order valence-electron chi connectivity index (χ1n) is 8.20. The van der Waals surface area contributed by atoms with Crippen LogP contribution in [-0.2, 0) is 17.8 Å². The zero-order valence-electron chi connectivity index (χ0n) is 14.3. The third-order valence-corrected chi connectivity index (χ3v) is 3.88. The third-order valence-electron chi connectivity index (χ3n) is 3.88. The summed E-state index contributed by atoms with van der Waals surface area (Å²) in [5.74, 6) is 0.515. The number of hydrogen-bond acceptors (Lipinski definition) is 3. The number of carbonyl (C=O) groups is 1. The lowest BCUT2D eigenvalue weighted by molar-refractivity contribution is 0.0288. The van der Waals surface area contributed by atoms with E-state index in [9.17, 15) is 4.79 Å². The van der Waals surface area contributed by atoms with Gasteiger partial charge in [-0.25, -0.2) is 4.79 Å². The van der Waals surface area contributed by atoms with Crippen LogP contribution in [0.4, 0.5) is 4.79 Å². The second-order valence-electron chi connectivity index (χ2n) is 7.06. The number of likely N-dealkylation sites (tertiary alicyclic amines) is 1. The molecule has 1 aromatic rings. The lowest BCUT2D eigenvalue weighted by Crippen LogP contribution is -2.36. The van der Waals surface area contributed by atoms with E-state index in [2.05, 4.69) is 35.3 Å². The van der Waals surface area contributed by atoms with Crippen LogP contribution in [0.1, 0.15) is 39.7 Å². The van der Waals surface area contributed by atoms with Gasteiger partial charge in [-0.2, -0.15) is 0 Å². The lowest BCUT2D eigenvalue weighted by atomic mass is 10.1. The van der Waals surface area contributed by atoms with Crippen molar-refractivity contribution in [3.63, 3.8) is 0 Å². The highest BCUT2D eigenvalue weighted by Gasteiger charge is 2.29. The number of carbonyl (C=O) groups excluding carboxylic acids is 1. The predicted octanol–water partition coefficient (Wildman–Crippen LogP) is 2.85. The van der Waals surface area contributed by atoms with E-state index in [1.807, 2.05) is 25.7 Å². The van der Waals surface area contributed by atoms with E-state index >= 15 is 0 Å². The number of aryl methyl sites for hydroxylation is 1. The molecule has 5 heteroatoms. The maximum absolute atomic E-state index is 12.0. The standard InChI is InChI=1S/C17H29N3O2/c1-5-19-8-6-14(12-19)10-18-11-15-7-9-20(13-15)16(21)22-17(2,3)4/h6,8,12,15,18H,5,7,9-11,13H2,1-4H3. The smallest absolute Gasteiger partial charge is 0.410 e. The average molecular weight is 307 g/mol. The third kappa shape index (κ3) is 5.05. The Labute approximate surface area is 133 Å². The van der Waals surface area contributed by atoms with Gasteiger partial charge in [0.2, 0.25) is 0 Å². The highest BCUT2D eigenvalue weighted by molar-refractivity contribution is 5.68. The highest BCUT2D eigenvalue weighted by Crippen LogP contribution is 2.19. The van der Waals surface area contributed by atoms with Gasteiger partial charge in [0, 0.05) is 45.1 Å². The van der Waals surface area contributed by atoms with Crippen LogP contribution < -0.4 is 5.32 Å². The molecule has 1 amide bonds. The summed E-state index contributed by atoms with van der Waals surface area (Å²) in [6, 6.07) is 2.15. The summed E-state index contributed by atoms with van der Waals surface area (Å²) in [7, 11) is 0. The topological polar surface area (TPSA) is 46.5 Å². The zero-order valence-corrected chi connectivity index (χ0v) is 14.3. The molecule has 2 rings (SSSR count). The second-order valence-corrected chi connectivity index (χ2v) is 7.06. The van der Waals surface area contributed by atoms with Crippen molar-refractivity contribution in [2.24, 2.45) is 5.92 Å². The van der Waals surface area contributed by atoms with Gasteiger partial charge in [0.15, 0.2) is 0 Å². The van der Waals surface area contributed by atoms with Gasteiger partial charge in [-0.05, 0) is 51.7 Å². The van der Waals surface area contributed by atoms with E-state index < -0.39 is 5.60 Å². The van der Waals surface area contributed by atoms with Gasteiger partial charge >= 0.3 is 6.09 Å². The molecule has 0 aromatic carbocycles. The molecule has 0 spiro atoms. The highest BCUT2D eigenvalue weighted by atomic mass is 16.6. The number of aromatic nitrogens is 1. The van der Waals surface area contributed by atoms with Crippen LogP contribution in [0, 0.1) is 5.92 Å². The van der Waals surface area contributed by atoms with Gasteiger partial charge in [-0.3, -0.25) is 0 Å². The zero-order chi connectivity index (χ0) is 16.2. The quantitative estimate of drug-likeness (QED) is 0.910. The minimum atomic E-state index is -0.417. The lowest BCUT2D eigenvalue weighted by Gasteiger charge is -2.24. The molecule has 1 saturated heterocycles. The van der Waals surface area contributed by atoms with E-state index in [4.69, 9.17) is 4.74 Å².